The summed E-state index contributed by atoms with van der Waals surface area (Å²) in [6.07, 6.45) is 0. The van der Waals surface area contributed by atoms with Crippen molar-refractivity contribution in [3.63, 3.8) is 0 Å². The molecule has 6 nitrogen and oxygen atoms in total. The zero-order chi connectivity index (χ0) is 17.3. The molecule has 1 heterocycles. The maximum absolute atomic E-state index is 12.7. The molecule has 0 radical (unpaired) electrons. The molecule has 1 atom stereocenters. The van der Waals surface area contributed by atoms with Gasteiger partial charge < -0.3 is 19.6 Å². The van der Waals surface area contributed by atoms with Crippen LogP contribution in [0.25, 0.3) is 21.9 Å². The first-order chi connectivity index (χ1) is 11.5. The van der Waals surface area contributed by atoms with Crippen LogP contribution in [-0.4, -0.2) is 30.8 Å². The highest BCUT2D eigenvalue weighted by molar-refractivity contribution is 5.99. The number of rotatable bonds is 4. The molecule has 1 amide bonds. The van der Waals surface area contributed by atoms with E-state index >= 15 is 0 Å². The van der Waals surface area contributed by atoms with Gasteiger partial charge in [-0.3, -0.25) is 9.59 Å². The third-order valence-electron chi connectivity index (χ3n) is 3.79. The van der Waals surface area contributed by atoms with Gasteiger partial charge in [0.1, 0.15) is 16.9 Å². The minimum absolute atomic E-state index is 0.159. The van der Waals surface area contributed by atoms with E-state index in [1.54, 1.807) is 44.4 Å². The molecule has 0 aliphatic heterocycles. The normalized spacial score (nSPS) is 12.3. The number of fused-ring (bicyclic) bond motifs is 2. The fraction of sp³-hybridized carbons (Fsp3) is 0.222. The highest BCUT2D eigenvalue weighted by Gasteiger charge is 2.13. The van der Waals surface area contributed by atoms with Crippen molar-refractivity contribution in [2.45, 2.75) is 13.0 Å². The molecule has 3 rings (SSSR count). The van der Waals surface area contributed by atoms with Crippen LogP contribution in [0.1, 0.15) is 17.3 Å². The van der Waals surface area contributed by atoms with Crippen molar-refractivity contribution in [1.82, 2.24) is 5.32 Å². The summed E-state index contributed by atoms with van der Waals surface area (Å²) < 4.78 is 10.9. The molecule has 0 aliphatic rings. The van der Waals surface area contributed by atoms with Gasteiger partial charge in [-0.05, 0) is 37.3 Å². The van der Waals surface area contributed by atoms with E-state index in [2.05, 4.69) is 5.32 Å². The lowest BCUT2D eigenvalue weighted by Crippen LogP contribution is -2.35. The SMILES string of the molecule is COc1ccc2c(=O)c3cc(C(=O)NC(C)CO)ccc3oc2c1. The molecule has 2 N–H and O–H groups in total. The van der Waals surface area contributed by atoms with E-state index in [9.17, 15) is 9.59 Å². The number of carbonyl (C=O) groups is 1. The minimum atomic E-state index is -0.367. The van der Waals surface area contributed by atoms with Crippen molar-refractivity contribution in [2.24, 2.45) is 0 Å². The van der Waals surface area contributed by atoms with Gasteiger partial charge in [0.15, 0.2) is 0 Å². The third-order valence-corrected chi connectivity index (χ3v) is 3.79. The summed E-state index contributed by atoms with van der Waals surface area (Å²) in [4.78, 5) is 24.8. The lowest BCUT2D eigenvalue weighted by molar-refractivity contribution is 0.0922. The van der Waals surface area contributed by atoms with E-state index < -0.39 is 0 Å². The van der Waals surface area contributed by atoms with Crippen LogP contribution in [0, 0.1) is 0 Å². The molecule has 0 saturated carbocycles. The van der Waals surface area contributed by atoms with Gasteiger partial charge in [-0.1, -0.05) is 0 Å². The number of hydrogen-bond donors (Lipinski definition) is 2. The summed E-state index contributed by atoms with van der Waals surface area (Å²) in [7, 11) is 1.54. The lowest BCUT2D eigenvalue weighted by Gasteiger charge is -2.11. The van der Waals surface area contributed by atoms with Crippen molar-refractivity contribution in [2.75, 3.05) is 13.7 Å². The Bertz CT molecular complexity index is 976. The highest BCUT2D eigenvalue weighted by Crippen LogP contribution is 2.23. The number of aliphatic hydroxyl groups excluding tert-OH is 1. The van der Waals surface area contributed by atoms with Crippen LogP contribution in [0.2, 0.25) is 0 Å². The van der Waals surface area contributed by atoms with Gasteiger partial charge in [0.25, 0.3) is 5.91 Å². The van der Waals surface area contributed by atoms with Crippen LogP contribution >= 0.6 is 0 Å². The molecule has 3 aromatic rings. The average molecular weight is 327 g/mol. The number of ether oxygens (including phenoxy) is 1. The molecule has 2 aromatic carbocycles. The molecule has 0 fully saturated rings. The standard InChI is InChI=1S/C18H17NO5/c1-10(9-20)19-18(22)11-3-6-15-14(7-11)17(21)13-5-4-12(23-2)8-16(13)24-15/h3-8,10,20H,9H2,1-2H3,(H,19,22). The number of methoxy groups -OCH3 is 1. The first kappa shape index (κ1) is 16.0. The molecule has 0 spiro atoms. The second-order valence-electron chi connectivity index (χ2n) is 5.56. The Balaban J connectivity index is 2.13. The predicted octanol–water partition coefficient (Wildman–Crippen LogP) is 2.07. The van der Waals surface area contributed by atoms with E-state index in [-0.39, 0.29) is 24.0 Å². The van der Waals surface area contributed by atoms with Crippen LogP contribution in [0.4, 0.5) is 0 Å². The van der Waals surface area contributed by atoms with E-state index in [1.165, 1.54) is 6.07 Å². The fourth-order valence-electron chi connectivity index (χ4n) is 2.46. The van der Waals surface area contributed by atoms with Crippen LogP contribution in [-0.2, 0) is 0 Å². The lowest BCUT2D eigenvalue weighted by atomic mass is 10.1. The summed E-state index contributed by atoms with van der Waals surface area (Å²) in [6.45, 7) is 1.53. The van der Waals surface area contributed by atoms with Gasteiger partial charge in [0.05, 0.1) is 24.5 Å². The van der Waals surface area contributed by atoms with Gasteiger partial charge in [0, 0.05) is 17.7 Å². The molecule has 1 unspecified atom stereocenters. The van der Waals surface area contributed by atoms with Crippen molar-refractivity contribution in [3.05, 3.63) is 52.2 Å². The Kier molecular flexibility index (Phi) is 4.22. The van der Waals surface area contributed by atoms with Crippen LogP contribution in [0.3, 0.4) is 0 Å². The Hall–Kier alpha value is -2.86. The molecule has 24 heavy (non-hydrogen) atoms. The topological polar surface area (TPSA) is 88.8 Å². The summed E-state index contributed by atoms with van der Waals surface area (Å²) in [5, 5.41) is 12.4. The Morgan fingerprint density at radius 3 is 2.71 bits per heavy atom. The molecular weight excluding hydrogens is 310 g/mol. The number of nitrogens with one attached hydrogen (secondary N) is 1. The number of aliphatic hydroxyl groups is 1. The van der Waals surface area contributed by atoms with E-state index in [1.807, 2.05) is 0 Å². The minimum Gasteiger partial charge on any atom is -0.497 e. The van der Waals surface area contributed by atoms with E-state index in [0.29, 0.717) is 33.3 Å². The first-order valence-corrected chi connectivity index (χ1v) is 7.50. The molecule has 0 aliphatic carbocycles. The van der Waals surface area contributed by atoms with Crippen molar-refractivity contribution >= 4 is 27.8 Å². The highest BCUT2D eigenvalue weighted by atomic mass is 16.5. The number of hydrogen-bond acceptors (Lipinski definition) is 5. The Labute approximate surface area is 137 Å². The van der Waals surface area contributed by atoms with Gasteiger partial charge >= 0.3 is 0 Å². The zero-order valence-electron chi connectivity index (χ0n) is 13.3. The number of carbonyl (C=O) groups excluding carboxylic acids is 1. The quantitative estimate of drug-likeness (QED) is 0.716. The second kappa shape index (κ2) is 6.33. The number of benzene rings is 2. The monoisotopic (exact) mass is 327 g/mol. The van der Waals surface area contributed by atoms with E-state index in [4.69, 9.17) is 14.3 Å². The largest absolute Gasteiger partial charge is 0.497 e. The smallest absolute Gasteiger partial charge is 0.251 e. The fourth-order valence-corrected chi connectivity index (χ4v) is 2.46. The molecule has 1 aromatic heterocycles. The van der Waals surface area contributed by atoms with Crippen LogP contribution < -0.4 is 15.5 Å². The average Bonchev–Trinajstić information content (AvgIpc) is 2.60. The molecule has 6 heteroatoms. The molecule has 0 saturated heterocycles. The van der Waals surface area contributed by atoms with Crippen LogP contribution in [0.5, 0.6) is 5.75 Å². The van der Waals surface area contributed by atoms with E-state index in [0.717, 1.165) is 0 Å². The Morgan fingerprint density at radius 2 is 2.00 bits per heavy atom. The summed E-state index contributed by atoms with van der Waals surface area (Å²) in [5.74, 6) is 0.242. The van der Waals surface area contributed by atoms with Crippen molar-refractivity contribution in [3.8, 4) is 5.75 Å². The first-order valence-electron chi connectivity index (χ1n) is 7.50. The van der Waals surface area contributed by atoms with Crippen molar-refractivity contribution in [1.29, 1.82) is 0 Å². The van der Waals surface area contributed by atoms with Gasteiger partial charge in [-0.2, -0.15) is 0 Å². The maximum Gasteiger partial charge on any atom is 0.251 e. The molecule has 0 bridgehead atoms. The van der Waals surface area contributed by atoms with Crippen molar-refractivity contribution < 1.29 is 19.1 Å². The van der Waals surface area contributed by atoms with Gasteiger partial charge in [-0.15, -0.1) is 0 Å². The predicted molar refractivity (Wildman–Crippen MR) is 90.6 cm³/mol. The van der Waals surface area contributed by atoms with Gasteiger partial charge in [0.2, 0.25) is 5.43 Å². The summed E-state index contributed by atoms with van der Waals surface area (Å²) in [5.41, 5.74) is 0.951. The van der Waals surface area contributed by atoms with Crippen LogP contribution in [0.15, 0.2) is 45.6 Å². The Morgan fingerprint density at radius 1 is 1.21 bits per heavy atom. The third kappa shape index (κ3) is 2.83. The number of amides is 1. The maximum atomic E-state index is 12.7. The van der Waals surface area contributed by atoms with Gasteiger partial charge in [-0.25, -0.2) is 0 Å². The molecule has 124 valence electrons. The summed E-state index contributed by atoms with van der Waals surface area (Å²) >= 11 is 0. The summed E-state index contributed by atoms with van der Waals surface area (Å²) in [6, 6.07) is 9.29. The second-order valence-corrected chi connectivity index (χ2v) is 5.56. The molecular formula is C18H17NO5. The zero-order valence-corrected chi connectivity index (χ0v) is 13.3.